The van der Waals surface area contributed by atoms with E-state index in [0.29, 0.717) is 38.0 Å². The smallest absolute Gasteiger partial charge is 0.260 e. The lowest BCUT2D eigenvalue weighted by molar-refractivity contribution is 0.0391. The van der Waals surface area contributed by atoms with E-state index in [4.69, 9.17) is 9.47 Å². The normalized spacial score (nSPS) is 14.7. The van der Waals surface area contributed by atoms with Gasteiger partial charge in [0.2, 0.25) is 0 Å². The van der Waals surface area contributed by atoms with Gasteiger partial charge in [0.05, 0.1) is 30.0 Å². The number of benzene rings is 2. The average Bonchev–Trinajstić information content (AvgIpc) is 3.19. The third-order valence-corrected chi connectivity index (χ3v) is 6.09. The second kappa shape index (κ2) is 9.67. The number of ether oxygens (including phenoxy) is 2. The summed E-state index contributed by atoms with van der Waals surface area (Å²) in [5, 5.41) is 0.506. The second-order valence-electron chi connectivity index (χ2n) is 7.10. The van der Waals surface area contributed by atoms with Gasteiger partial charge in [0.1, 0.15) is 5.75 Å². The van der Waals surface area contributed by atoms with E-state index >= 15 is 0 Å². The highest BCUT2D eigenvalue weighted by molar-refractivity contribution is 7.22. The average molecular weight is 448 g/mol. The van der Waals surface area contributed by atoms with Crippen LogP contribution in [-0.2, 0) is 4.74 Å². The van der Waals surface area contributed by atoms with E-state index in [-0.39, 0.29) is 5.56 Å². The summed E-state index contributed by atoms with van der Waals surface area (Å²) in [5.41, 5.74) is 0.827. The van der Waals surface area contributed by atoms with E-state index in [0.717, 1.165) is 41.2 Å². The molecule has 0 aliphatic carbocycles. The van der Waals surface area contributed by atoms with Crippen LogP contribution in [0.15, 0.2) is 36.4 Å². The first-order valence-electron chi connectivity index (χ1n) is 10.2. The zero-order valence-electron chi connectivity index (χ0n) is 17.1. The SMILES string of the molecule is CCOc1ccc2nc(N(CCN3CCOCC3)C(=O)c3ccc(F)c(F)c3)sc2c1. The first-order chi connectivity index (χ1) is 15.0. The number of nitrogens with zero attached hydrogens (tertiary/aromatic N) is 3. The van der Waals surface area contributed by atoms with Crippen LogP contribution in [0.2, 0.25) is 0 Å². The Hall–Kier alpha value is -2.62. The first-order valence-corrected chi connectivity index (χ1v) is 11.0. The molecule has 0 bridgehead atoms. The Morgan fingerprint density at radius 1 is 1.19 bits per heavy atom. The van der Waals surface area contributed by atoms with Crippen LogP contribution in [0.5, 0.6) is 5.75 Å². The molecular formula is C22H23F2N3O3S. The van der Waals surface area contributed by atoms with Gasteiger partial charge in [-0.05, 0) is 43.3 Å². The molecule has 0 atom stereocenters. The molecule has 4 rings (SSSR count). The Morgan fingerprint density at radius 2 is 2.00 bits per heavy atom. The van der Waals surface area contributed by atoms with Gasteiger partial charge >= 0.3 is 0 Å². The molecule has 1 aromatic heterocycles. The van der Waals surface area contributed by atoms with Crippen LogP contribution < -0.4 is 9.64 Å². The zero-order valence-corrected chi connectivity index (χ0v) is 18.0. The number of anilines is 1. The number of fused-ring (bicyclic) bond motifs is 1. The molecule has 0 radical (unpaired) electrons. The molecule has 1 aliphatic rings. The van der Waals surface area contributed by atoms with Gasteiger partial charge in [0, 0.05) is 31.7 Å². The minimum Gasteiger partial charge on any atom is -0.494 e. The summed E-state index contributed by atoms with van der Waals surface area (Å²) in [4.78, 5) is 21.6. The minimum absolute atomic E-state index is 0.0788. The Morgan fingerprint density at radius 3 is 2.74 bits per heavy atom. The van der Waals surface area contributed by atoms with Gasteiger partial charge < -0.3 is 9.47 Å². The van der Waals surface area contributed by atoms with E-state index in [1.165, 1.54) is 22.3 Å². The van der Waals surface area contributed by atoms with E-state index in [1.54, 1.807) is 0 Å². The van der Waals surface area contributed by atoms with E-state index in [9.17, 15) is 13.6 Å². The maximum Gasteiger partial charge on any atom is 0.260 e. The summed E-state index contributed by atoms with van der Waals surface area (Å²) >= 11 is 1.37. The molecule has 6 nitrogen and oxygen atoms in total. The maximum atomic E-state index is 13.8. The maximum absolute atomic E-state index is 13.8. The number of aromatic nitrogens is 1. The third-order valence-electron chi connectivity index (χ3n) is 5.05. The predicted octanol–water partition coefficient (Wildman–Crippen LogP) is 3.95. The molecule has 3 aromatic rings. The summed E-state index contributed by atoms with van der Waals surface area (Å²) in [5.74, 6) is -1.72. The van der Waals surface area contributed by atoms with Crippen molar-refractivity contribution < 1.29 is 23.0 Å². The molecular weight excluding hydrogens is 424 g/mol. The minimum atomic E-state index is -1.05. The number of carbonyl (C=O) groups is 1. The number of hydrogen-bond donors (Lipinski definition) is 0. The summed E-state index contributed by atoms with van der Waals surface area (Å²) in [7, 11) is 0. The van der Waals surface area contributed by atoms with Crippen molar-refractivity contribution in [1.29, 1.82) is 0 Å². The van der Waals surface area contributed by atoms with E-state index in [2.05, 4.69) is 9.88 Å². The van der Waals surface area contributed by atoms with Gasteiger partial charge in [-0.3, -0.25) is 14.6 Å². The van der Waals surface area contributed by atoms with Crippen molar-refractivity contribution in [2.75, 3.05) is 50.9 Å². The fraction of sp³-hybridized carbons (Fsp3) is 0.364. The fourth-order valence-electron chi connectivity index (χ4n) is 3.40. The zero-order chi connectivity index (χ0) is 21.8. The van der Waals surface area contributed by atoms with Gasteiger partial charge in [-0.15, -0.1) is 0 Å². The molecule has 0 unspecified atom stereocenters. The molecule has 1 fully saturated rings. The molecule has 0 spiro atoms. The van der Waals surface area contributed by atoms with Gasteiger partial charge in [0.25, 0.3) is 5.91 Å². The molecule has 164 valence electrons. The van der Waals surface area contributed by atoms with Crippen LogP contribution in [-0.4, -0.2) is 61.8 Å². The van der Waals surface area contributed by atoms with E-state index < -0.39 is 17.5 Å². The van der Waals surface area contributed by atoms with Crippen molar-refractivity contribution in [1.82, 2.24) is 9.88 Å². The van der Waals surface area contributed by atoms with Crippen molar-refractivity contribution in [3.05, 3.63) is 53.6 Å². The molecule has 1 saturated heterocycles. The summed E-state index contributed by atoms with van der Waals surface area (Å²) in [6.45, 7) is 6.33. The third kappa shape index (κ3) is 5.00. The topological polar surface area (TPSA) is 54.9 Å². The number of amides is 1. The molecule has 31 heavy (non-hydrogen) atoms. The molecule has 9 heteroatoms. The van der Waals surface area contributed by atoms with Gasteiger partial charge in [0.15, 0.2) is 16.8 Å². The standard InChI is InChI=1S/C22H23F2N3O3S/c1-2-30-16-4-6-19-20(14-16)31-22(25-19)27(8-7-26-9-11-29-12-10-26)21(28)15-3-5-17(23)18(24)13-15/h3-6,13-14H,2,7-12H2,1H3. The van der Waals surface area contributed by atoms with Crippen LogP contribution >= 0.6 is 11.3 Å². The summed E-state index contributed by atoms with van der Waals surface area (Å²) < 4.78 is 39.0. The molecule has 0 saturated carbocycles. The fourth-order valence-corrected chi connectivity index (χ4v) is 4.42. The molecule has 2 heterocycles. The second-order valence-corrected chi connectivity index (χ2v) is 8.11. The number of morpholine rings is 1. The lowest BCUT2D eigenvalue weighted by atomic mass is 10.2. The Kier molecular flexibility index (Phi) is 6.74. The monoisotopic (exact) mass is 447 g/mol. The first kappa shape index (κ1) is 21.6. The highest BCUT2D eigenvalue weighted by Gasteiger charge is 2.24. The molecule has 1 aliphatic heterocycles. The molecule has 0 N–H and O–H groups in total. The summed E-state index contributed by atoms with van der Waals surface area (Å²) in [6.07, 6.45) is 0. The van der Waals surface area contributed by atoms with Gasteiger partial charge in [-0.25, -0.2) is 13.8 Å². The van der Waals surface area contributed by atoms with Crippen molar-refractivity contribution in [3.63, 3.8) is 0 Å². The lowest BCUT2D eigenvalue weighted by Crippen LogP contribution is -2.43. The van der Waals surface area contributed by atoms with Gasteiger partial charge in [-0.1, -0.05) is 11.3 Å². The molecule has 1 amide bonds. The predicted molar refractivity (Wildman–Crippen MR) is 116 cm³/mol. The Balaban J connectivity index is 1.64. The number of halogens is 2. The molecule has 2 aromatic carbocycles. The number of hydrogen-bond acceptors (Lipinski definition) is 6. The van der Waals surface area contributed by atoms with Crippen LogP contribution in [0.25, 0.3) is 10.2 Å². The van der Waals surface area contributed by atoms with Crippen molar-refractivity contribution >= 4 is 32.6 Å². The number of thiazole rings is 1. The van der Waals surface area contributed by atoms with Crippen LogP contribution in [0.4, 0.5) is 13.9 Å². The van der Waals surface area contributed by atoms with Crippen LogP contribution in [0.3, 0.4) is 0 Å². The van der Waals surface area contributed by atoms with Crippen molar-refractivity contribution in [2.24, 2.45) is 0 Å². The van der Waals surface area contributed by atoms with Crippen molar-refractivity contribution in [2.45, 2.75) is 6.92 Å². The van der Waals surface area contributed by atoms with Crippen LogP contribution in [0, 0.1) is 11.6 Å². The van der Waals surface area contributed by atoms with E-state index in [1.807, 2.05) is 25.1 Å². The van der Waals surface area contributed by atoms with Gasteiger partial charge in [-0.2, -0.15) is 0 Å². The highest BCUT2D eigenvalue weighted by Crippen LogP contribution is 2.32. The van der Waals surface area contributed by atoms with Crippen LogP contribution in [0.1, 0.15) is 17.3 Å². The number of rotatable bonds is 7. The Labute approximate surface area is 183 Å². The highest BCUT2D eigenvalue weighted by atomic mass is 32.1. The summed E-state index contributed by atoms with van der Waals surface area (Å²) in [6, 6.07) is 8.77. The lowest BCUT2D eigenvalue weighted by Gasteiger charge is -2.29. The Bertz CT molecular complexity index is 1070. The quantitative estimate of drug-likeness (QED) is 0.549. The largest absolute Gasteiger partial charge is 0.494 e. The van der Waals surface area contributed by atoms with Crippen molar-refractivity contribution in [3.8, 4) is 5.75 Å². The number of carbonyl (C=O) groups excluding carboxylic acids is 1.